The maximum atomic E-state index is 11.0. The Labute approximate surface area is 87.8 Å². The number of quaternary nitrogens is 1. The van der Waals surface area contributed by atoms with Crippen LogP contribution < -0.4 is 3.89 Å². The molecule has 1 aromatic rings. The average Bonchev–Trinajstić information content (AvgIpc) is 2.04. The van der Waals surface area contributed by atoms with E-state index in [1.165, 1.54) is 0 Å². The van der Waals surface area contributed by atoms with Gasteiger partial charge in [0, 0.05) is 6.07 Å². The van der Waals surface area contributed by atoms with Crippen molar-refractivity contribution in [2.45, 2.75) is 0 Å². The zero-order valence-electron chi connectivity index (χ0n) is 7.40. The molecule has 0 heterocycles. The minimum atomic E-state index is -2.53. The number of rotatable bonds is 2. The fourth-order valence-electron chi connectivity index (χ4n) is 0.983. The van der Waals surface area contributed by atoms with Crippen molar-refractivity contribution in [1.29, 1.82) is 0 Å². The van der Waals surface area contributed by atoms with Crippen molar-refractivity contribution in [1.82, 2.24) is 3.89 Å². The molecule has 0 aliphatic rings. The molecule has 5 heteroatoms. The van der Waals surface area contributed by atoms with E-state index in [0.717, 1.165) is 10.2 Å². The Kier molecular flexibility index (Phi) is 3.10. The lowest BCUT2D eigenvalue weighted by molar-refractivity contribution is 0.534. The molecule has 0 fully saturated rings. The van der Waals surface area contributed by atoms with Crippen molar-refractivity contribution in [2.24, 2.45) is 0 Å². The van der Waals surface area contributed by atoms with Crippen molar-refractivity contribution in [3.05, 3.63) is 28.7 Å². The van der Waals surface area contributed by atoms with Crippen LogP contribution in [0.2, 0.25) is 0 Å². The van der Waals surface area contributed by atoms with E-state index in [9.17, 15) is 8.42 Å². The maximum Gasteiger partial charge on any atom is 0.291 e. The molecule has 0 saturated heterocycles. The average molecular weight is 265 g/mol. The molecule has 0 N–H and O–H groups in total. The van der Waals surface area contributed by atoms with E-state index >= 15 is 0 Å². The van der Waals surface area contributed by atoms with Gasteiger partial charge in [0.25, 0.3) is 10.9 Å². The molecule has 0 aromatic heterocycles. The molecule has 1 aromatic carbocycles. The lowest BCUT2D eigenvalue weighted by Crippen LogP contribution is -2.38. The van der Waals surface area contributed by atoms with Crippen LogP contribution in [0.3, 0.4) is 0 Å². The number of hydrogen-bond acceptors (Lipinski definition) is 2. The molecule has 72 valence electrons. The van der Waals surface area contributed by atoms with E-state index in [-0.39, 0.29) is 3.89 Å². The highest BCUT2D eigenvalue weighted by Crippen LogP contribution is 2.28. The number of halogens is 1. The summed E-state index contributed by atoms with van der Waals surface area (Å²) in [6.07, 6.45) is 0. The van der Waals surface area contributed by atoms with Crippen LogP contribution in [0.1, 0.15) is 0 Å². The summed E-state index contributed by atoms with van der Waals surface area (Å²) in [6.45, 7) is 0. The Bertz CT molecular complexity index is 379. The lowest BCUT2D eigenvalue weighted by Gasteiger charge is -2.21. The zero-order valence-corrected chi connectivity index (χ0v) is 9.88. The van der Waals surface area contributed by atoms with E-state index in [0.29, 0.717) is 0 Å². The van der Waals surface area contributed by atoms with Crippen LogP contribution in [-0.4, -0.2) is 22.5 Å². The minimum Gasteiger partial charge on any atom is -0.193 e. The third-order valence-corrected chi connectivity index (χ3v) is 3.55. The highest BCUT2D eigenvalue weighted by molar-refractivity contribution is 9.10. The van der Waals surface area contributed by atoms with Gasteiger partial charge in [0.05, 0.1) is 18.6 Å². The lowest BCUT2D eigenvalue weighted by atomic mass is 10.3. The fraction of sp³-hybridized carbons (Fsp3) is 0.250. The molecule has 0 spiro atoms. The monoisotopic (exact) mass is 264 g/mol. The predicted octanol–water partition coefficient (Wildman–Crippen LogP) is 1.54. The summed E-state index contributed by atoms with van der Waals surface area (Å²) in [5.74, 6) is 0. The van der Waals surface area contributed by atoms with Crippen LogP contribution in [0.5, 0.6) is 0 Å². The second kappa shape index (κ2) is 3.77. The summed E-state index contributed by atoms with van der Waals surface area (Å²) in [5.41, 5.74) is 0.735. The van der Waals surface area contributed by atoms with E-state index in [1.54, 1.807) is 20.2 Å². The summed E-state index contributed by atoms with van der Waals surface area (Å²) in [4.78, 5) is 0. The summed E-state index contributed by atoms with van der Waals surface area (Å²) in [5, 5.41) is 0. The normalized spacial score (nSPS) is 12.0. The molecule has 0 aliphatic carbocycles. The molecule has 1 rings (SSSR count). The molecule has 0 saturated carbocycles. The summed E-state index contributed by atoms with van der Waals surface area (Å²) in [7, 11) is 0.733. The smallest absolute Gasteiger partial charge is 0.193 e. The number of para-hydroxylation sites is 1. The van der Waals surface area contributed by atoms with Crippen LogP contribution in [0, 0.1) is 0 Å². The first-order valence-electron chi connectivity index (χ1n) is 3.70. The fourth-order valence-corrected chi connectivity index (χ4v) is 2.20. The van der Waals surface area contributed by atoms with Crippen LogP contribution in [0.15, 0.2) is 28.7 Å². The highest BCUT2D eigenvalue weighted by atomic mass is 79.9. The third-order valence-electron chi connectivity index (χ3n) is 1.85. The van der Waals surface area contributed by atoms with Gasteiger partial charge < -0.3 is 0 Å². The van der Waals surface area contributed by atoms with Crippen LogP contribution >= 0.6 is 15.9 Å². The summed E-state index contributed by atoms with van der Waals surface area (Å²) < 4.78 is 22.6. The van der Waals surface area contributed by atoms with Gasteiger partial charge in [0.2, 0.25) is 0 Å². The zero-order chi connectivity index (χ0) is 10.1. The van der Waals surface area contributed by atoms with Gasteiger partial charge in [-0.3, -0.25) is 0 Å². The van der Waals surface area contributed by atoms with Gasteiger partial charge in [-0.15, -0.1) is 0 Å². The topological polar surface area (TPSA) is 34.1 Å². The van der Waals surface area contributed by atoms with Gasteiger partial charge in [-0.25, -0.2) is 0 Å². The van der Waals surface area contributed by atoms with Crippen molar-refractivity contribution >= 4 is 32.5 Å². The Morgan fingerprint density at radius 2 is 1.77 bits per heavy atom. The Morgan fingerprint density at radius 3 is 2.23 bits per heavy atom. The third kappa shape index (κ3) is 2.10. The Hall–Kier alpha value is -0.390. The predicted molar refractivity (Wildman–Crippen MR) is 58.1 cm³/mol. The molecule has 13 heavy (non-hydrogen) atoms. The molecular weight excluding hydrogens is 254 g/mol. The number of nitrogens with zero attached hydrogens (tertiary/aromatic N) is 1. The molecule has 0 bridgehead atoms. The minimum absolute atomic E-state index is 0.142. The molecule has 3 nitrogen and oxygen atoms in total. The molecule has 0 atom stereocenters. The first kappa shape index (κ1) is 10.7. The summed E-state index contributed by atoms with van der Waals surface area (Å²) >= 11 is 3.32. The second-order valence-corrected chi connectivity index (χ2v) is 5.41. The van der Waals surface area contributed by atoms with Gasteiger partial charge in [-0.1, -0.05) is 12.1 Å². The quantitative estimate of drug-likeness (QED) is 0.650. The number of hydrogen-bond donors (Lipinski definition) is 1. The van der Waals surface area contributed by atoms with Crippen molar-refractivity contribution < 1.29 is 8.42 Å². The molecule has 0 amide bonds. The SMILES string of the molecule is C[N+](C)(c1ccccc1Br)[SH](=O)=O. The van der Waals surface area contributed by atoms with E-state index in [4.69, 9.17) is 0 Å². The van der Waals surface area contributed by atoms with E-state index < -0.39 is 10.9 Å². The molecule has 0 unspecified atom stereocenters. The standard InChI is InChI=1S/C8H11BrNO2S/c1-10(2,13(11)12)8-6-4-3-5-7(8)9/h3-6,13H,1-2H3/q+1. The van der Waals surface area contributed by atoms with E-state index in [2.05, 4.69) is 15.9 Å². The molecular formula is C8H11BrNO2S+. The first-order valence-corrected chi connectivity index (χ1v) is 5.62. The van der Waals surface area contributed by atoms with Gasteiger partial charge in [0.15, 0.2) is 5.69 Å². The number of benzene rings is 1. The summed E-state index contributed by atoms with van der Waals surface area (Å²) in [6, 6.07) is 7.29. The maximum absolute atomic E-state index is 11.0. The van der Waals surface area contributed by atoms with Crippen molar-refractivity contribution in [3.63, 3.8) is 0 Å². The van der Waals surface area contributed by atoms with Gasteiger partial charge in [0.1, 0.15) is 0 Å². The number of thiol groups is 1. The molecule has 0 aliphatic heterocycles. The van der Waals surface area contributed by atoms with E-state index in [1.807, 2.05) is 18.2 Å². The molecule has 0 radical (unpaired) electrons. The van der Waals surface area contributed by atoms with Crippen LogP contribution in [0.25, 0.3) is 0 Å². The van der Waals surface area contributed by atoms with Crippen molar-refractivity contribution in [3.8, 4) is 0 Å². The highest BCUT2D eigenvalue weighted by Gasteiger charge is 2.24. The Balaban J connectivity index is 3.30. The first-order chi connectivity index (χ1) is 5.96. The van der Waals surface area contributed by atoms with Gasteiger partial charge >= 0.3 is 0 Å². The largest absolute Gasteiger partial charge is 0.291 e. The Morgan fingerprint density at radius 1 is 1.23 bits per heavy atom. The second-order valence-electron chi connectivity index (χ2n) is 3.08. The van der Waals surface area contributed by atoms with Crippen molar-refractivity contribution in [2.75, 3.05) is 14.1 Å². The van der Waals surface area contributed by atoms with Crippen LogP contribution in [0.4, 0.5) is 5.69 Å². The van der Waals surface area contributed by atoms with Gasteiger partial charge in [-0.2, -0.15) is 12.3 Å². The van der Waals surface area contributed by atoms with Crippen LogP contribution in [-0.2, 0) is 10.9 Å². The van der Waals surface area contributed by atoms with Gasteiger partial charge in [-0.05, 0) is 22.0 Å².